The molecule has 0 amide bonds. The van der Waals surface area contributed by atoms with Gasteiger partial charge in [0, 0.05) is 30.9 Å². The average Bonchev–Trinajstić information content (AvgIpc) is 3.70. The Morgan fingerprint density at radius 1 is 0.267 bits per heavy atom. The molecular formula is C71H52N4. The van der Waals surface area contributed by atoms with Gasteiger partial charge in [-0.3, -0.25) is 0 Å². The summed E-state index contributed by atoms with van der Waals surface area (Å²) in [6.07, 6.45) is 0. The van der Waals surface area contributed by atoms with Crippen molar-refractivity contribution in [1.82, 2.24) is 0 Å². The van der Waals surface area contributed by atoms with Gasteiger partial charge in [-0.25, -0.2) is 0 Å². The molecule has 4 nitrogen and oxygen atoms in total. The Morgan fingerprint density at radius 2 is 0.680 bits per heavy atom. The van der Waals surface area contributed by atoms with E-state index in [2.05, 4.69) is 290 Å². The van der Waals surface area contributed by atoms with E-state index in [-0.39, 0.29) is 5.41 Å². The van der Waals surface area contributed by atoms with E-state index in [1.807, 2.05) is 0 Å². The van der Waals surface area contributed by atoms with Gasteiger partial charge < -0.3 is 19.6 Å². The van der Waals surface area contributed by atoms with Gasteiger partial charge in [0.05, 0.1) is 45.5 Å². The molecule has 0 saturated carbocycles. The van der Waals surface area contributed by atoms with Crippen molar-refractivity contribution in [2.45, 2.75) is 19.3 Å². The molecule has 2 heterocycles. The molecule has 12 aromatic carbocycles. The first kappa shape index (κ1) is 43.2. The van der Waals surface area contributed by atoms with Gasteiger partial charge in [-0.2, -0.15) is 0 Å². The zero-order chi connectivity index (χ0) is 50.1. The number of para-hydroxylation sites is 8. The van der Waals surface area contributed by atoms with Crippen molar-refractivity contribution in [3.05, 3.63) is 254 Å². The number of rotatable bonds is 5. The first-order valence-electron chi connectivity index (χ1n) is 26.1. The molecule has 2 aliphatic heterocycles. The van der Waals surface area contributed by atoms with E-state index >= 15 is 0 Å². The van der Waals surface area contributed by atoms with Crippen molar-refractivity contribution in [1.29, 1.82) is 0 Å². The third-order valence-corrected chi connectivity index (χ3v) is 16.7. The van der Waals surface area contributed by atoms with Crippen LogP contribution in [0.3, 0.4) is 0 Å². The Balaban J connectivity index is 1.08. The number of fused-ring (bicyclic) bond motifs is 10. The van der Waals surface area contributed by atoms with Crippen LogP contribution < -0.4 is 19.6 Å². The summed E-state index contributed by atoms with van der Waals surface area (Å²) < 4.78 is 0. The van der Waals surface area contributed by atoms with Gasteiger partial charge in [0.25, 0.3) is 0 Å². The molecule has 1 aliphatic carbocycles. The molecule has 0 aromatic heterocycles. The second-order valence-electron chi connectivity index (χ2n) is 21.0. The lowest BCUT2D eigenvalue weighted by atomic mass is 9.80. The summed E-state index contributed by atoms with van der Waals surface area (Å²) in [5, 5.41) is 7.26. The van der Waals surface area contributed by atoms with Crippen LogP contribution in [0.15, 0.2) is 243 Å². The molecule has 15 rings (SSSR count). The van der Waals surface area contributed by atoms with E-state index in [1.165, 1.54) is 111 Å². The highest BCUT2D eigenvalue weighted by atomic mass is 15.3. The summed E-state index contributed by atoms with van der Waals surface area (Å²) in [5.74, 6) is 0. The molecule has 0 atom stereocenters. The fourth-order valence-corrected chi connectivity index (χ4v) is 13.2. The van der Waals surface area contributed by atoms with Crippen molar-refractivity contribution >= 4 is 89.2 Å². The van der Waals surface area contributed by atoms with Gasteiger partial charge in [-0.15, -0.1) is 0 Å². The number of anilines is 10. The van der Waals surface area contributed by atoms with Gasteiger partial charge in [-0.05, 0) is 167 Å². The molecule has 0 saturated heterocycles. The number of hydrogen-bond donors (Lipinski definition) is 0. The minimum Gasteiger partial charge on any atom is -0.341 e. The standard InChI is InChI=1S/C71H52N4/c1-71(2)59-25-11-10-24-52(59)53-37-34-46(42-60(53)71)69-55-38-35-48(75-67-32-18-14-28-63(67)73(4)64-29-15-19-33-68(64)75)44-58(55)70(54-41-40-49(45-20-6-5-7-21-45)50-22-8-9-23-51(50)54)56-39-36-47(43-57(56)69)74-65-30-16-12-26-61(65)72(3)62-27-13-17-31-66(62)74/h5-44H,1-4H3. The Kier molecular flexibility index (Phi) is 9.40. The lowest BCUT2D eigenvalue weighted by molar-refractivity contribution is 0.660. The van der Waals surface area contributed by atoms with E-state index in [4.69, 9.17) is 0 Å². The second-order valence-corrected chi connectivity index (χ2v) is 21.0. The zero-order valence-electron chi connectivity index (χ0n) is 42.4. The SMILES string of the molecule is CN1c2ccccc2N(c2ccc3c(-c4ccc(-c5ccccc5)c5ccccc45)c4cc(N5c6ccccc6N(C)c6ccccc65)ccc4c(-c4ccc5c(c4)C(C)(C)c4ccccc4-5)c3c2)c2ccccc21. The molecule has 0 spiro atoms. The second kappa shape index (κ2) is 16.3. The molecule has 12 aromatic rings. The summed E-state index contributed by atoms with van der Waals surface area (Å²) in [6.45, 7) is 4.78. The fraction of sp³-hybridized carbons (Fsp3) is 0.0704. The van der Waals surface area contributed by atoms with Crippen LogP contribution in [0.2, 0.25) is 0 Å². The minimum atomic E-state index is -0.180. The van der Waals surface area contributed by atoms with Crippen molar-refractivity contribution in [2.75, 3.05) is 33.7 Å². The summed E-state index contributed by atoms with van der Waals surface area (Å²) in [4.78, 5) is 9.58. The average molecular weight is 961 g/mol. The van der Waals surface area contributed by atoms with Crippen LogP contribution in [-0.2, 0) is 5.41 Å². The number of benzene rings is 12. The van der Waals surface area contributed by atoms with Crippen molar-refractivity contribution in [3.63, 3.8) is 0 Å². The van der Waals surface area contributed by atoms with Gasteiger partial charge in [0.1, 0.15) is 0 Å². The number of hydrogen-bond acceptors (Lipinski definition) is 4. The predicted molar refractivity (Wildman–Crippen MR) is 318 cm³/mol. The zero-order valence-corrected chi connectivity index (χ0v) is 42.4. The maximum absolute atomic E-state index is 2.52. The summed E-state index contributed by atoms with van der Waals surface area (Å²) in [7, 11) is 4.36. The third-order valence-electron chi connectivity index (χ3n) is 16.7. The fourth-order valence-electron chi connectivity index (χ4n) is 13.2. The Labute approximate surface area is 438 Å². The normalized spacial score (nSPS) is 13.9. The van der Waals surface area contributed by atoms with Crippen LogP contribution in [-0.4, -0.2) is 14.1 Å². The van der Waals surface area contributed by atoms with E-state index < -0.39 is 0 Å². The van der Waals surface area contributed by atoms with Crippen LogP contribution >= 0.6 is 0 Å². The molecular weight excluding hydrogens is 909 g/mol. The van der Waals surface area contributed by atoms with E-state index in [0.717, 1.165) is 34.1 Å². The first-order valence-corrected chi connectivity index (χ1v) is 26.1. The summed E-state index contributed by atoms with van der Waals surface area (Å²) >= 11 is 0. The molecule has 0 radical (unpaired) electrons. The maximum Gasteiger partial charge on any atom is 0.0699 e. The van der Waals surface area contributed by atoms with Crippen LogP contribution in [0, 0.1) is 0 Å². The quantitative estimate of drug-likeness (QED) is 0.159. The predicted octanol–water partition coefficient (Wildman–Crippen LogP) is 19.6. The summed E-state index contributed by atoms with van der Waals surface area (Å²) in [6, 6.07) is 90.6. The monoisotopic (exact) mass is 960 g/mol. The van der Waals surface area contributed by atoms with E-state index in [1.54, 1.807) is 0 Å². The number of nitrogens with zero attached hydrogens (tertiary/aromatic N) is 4. The van der Waals surface area contributed by atoms with Gasteiger partial charge in [0.2, 0.25) is 0 Å². The van der Waals surface area contributed by atoms with Crippen molar-refractivity contribution in [3.8, 4) is 44.5 Å². The highest BCUT2D eigenvalue weighted by Gasteiger charge is 2.36. The Bertz CT molecular complexity index is 4250. The van der Waals surface area contributed by atoms with E-state index in [9.17, 15) is 0 Å². The molecule has 75 heavy (non-hydrogen) atoms. The van der Waals surface area contributed by atoms with Crippen molar-refractivity contribution in [2.24, 2.45) is 0 Å². The molecule has 0 fully saturated rings. The first-order chi connectivity index (χ1) is 36.8. The molecule has 4 heteroatoms. The largest absolute Gasteiger partial charge is 0.341 e. The third kappa shape index (κ3) is 6.30. The molecule has 0 bridgehead atoms. The topological polar surface area (TPSA) is 13.0 Å². The van der Waals surface area contributed by atoms with Crippen LogP contribution in [0.1, 0.15) is 25.0 Å². The minimum absolute atomic E-state index is 0.180. The van der Waals surface area contributed by atoms with Gasteiger partial charge >= 0.3 is 0 Å². The highest BCUT2D eigenvalue weighted by Crippen LogP contribution is 2.57. The lowest BCUT2D eigenvalue weighted by Gasteiger charge is -2.39. The van der Waals surface area contributed by atoms with Crippen LogP contribution in [0.5, 0.6) is 0 Å². The van der Waals surface area contributed by atoms with Crippen LogP contribution in [0.25, 0.3) is 76.8 Å². The summed E-state index contributed by atoms with van der Waals surface area (Å²) in [5.41, 5.74) is 24.0. The lowest BCUT2D eigenvalue weighted by Crippen LogP contribution is -2.24. The van der Waals surface area contributed by atoms with Crippen molar-refractivity contribution < 1.29 is 0 Å². The van der Waals surface area contributed by atoms with Gasteiger partial charge in [-0.1, -0.05) is 178 Å². The molecule has 0 unspecified atom stereocenters. The molecule has 3 aliphatic rings. The van der Waals surface area contributed by atoms with Crippen LogP contribution in [0.4, 0.5) is 56.9 Å². The molecule has 0 N–H and O–H groups in total. The Morgan fingerprint density at radius 3 is 1.24 bits per heavy atom. The highest BCUT2D eigenvalue weighted by molar-refractivity contribution is 6.25. The molecule has 356 valence electrons. The smallest absolute Gasteiger partial charge is 0.0699 e. The Hall–Kier alpha value is -9.38. The maximum atomic E-state index is 2.52. The van der Waals surface area contributed by atoms with Gasteiger partial charge in [0.15, 0.2) is 0 Å². The van der Waals surface area contributed by atoms with E-state index in [0.29, 0.717) is 0 Å².